The molecular formula is C18H20ClNO. The van der Waals surface area contributed by atoms with Gasteiger partial charge in [0.05, 0.1) is 6.61 Å². The van der Waals surface area contributed by atoms with Gasteiger partial charge >= 0.3 is 0 Å². The third-order valence-electron chi connectivity index (χ3n) is 4.07. The summed E-state index contributed by atoms with van der Waals surface area (Å²) in [6.07, 6.45) is 3.09. The van der Waals surface area contributed by atoms with Crippen molar-refractivity contribution in [2.24, 2.45) is 0 Å². The van der Waals surface area contributed by atoms with Gasteiger partial charge in [-0.1, -0.05) is 41.9 Å². The Bertz CT molecular complexity index is 626. The molecule has 1 aliphatic heterocycles. The van der Waals surface area contributed by atoms with Gasteiger partial charge in [-0.15, -0.1) is 0 Å². The molecule has 0 bridgehead atoms. The van der Waals surface area contributed by atoms with Gasteiger partial charge < -0.3 is 10.1 Å². The maximum absolute atomic E-state index is 6.28. The molecule has 0 saturated heterocycles. The summed E-state index contributed by atoms with van der Waals surface area (Å²) in [5.74, 6) is 1.04. The molecule has 0 amide bonds. The van der Waals surface area contributed by atoms with E-state index in [4.69, 9.17) is 16.3 Å². The Kier molecular flexibility index (Phi) is 4.47. The van der Waals surface area contributed by atoms with E-state index in [1.165, 1.54) is 16.7 Å². The van der Waals surface area contributed by atoms with E-state index in [0.717, 1.165) is 36.6 Å². The van der Waals surface area contributed by atoms with Crippen LogP contribution in [0, 0.1) is 0 Å². The Morgan fingerprint density at radius 2 is 2.10 bits per heavy atom. The number of rotatable bonds is 4. The number of fused-ring (bicyclic) bond motifs is 1. The number of hydrogen-bond acceptors (Lipinski definition) is 2. The maximum Gasteiger partial charge on any atom is 0.122 e. The van der Waals surface area contributed by atoms with E-state index in [0.29, 0.717) is 0 Å². The molecule has 0 spiro atoms. The average Bonchev–Trinajstić information content (AvgIpc) is 2.54. The summed E-state index contributed by atoms with van der Waals surface area (Å²) in [5.41, 5.74) is 3.78. The normalized spacial score (nSPS) is 15.1. The van der Waals surface area contributed by atoms with Gasteiger partial charge in [0.1, 0.15) is 5.75 Å². The Morgan fingerprint density at radius 3 is 2.90 bits per heavy atom. The van der Waals surface area contributed by atoms with Crippen LogP contribution in [0.2, 0.25) is 5.02 Å². The van der Waals surface area contributed by atoms with E-state index in [2.05, 4.69) is 29.6 Å². The zero-order chi connectivity index (χ0) is 14.7. The second-order valence-corrected chi connectivity index (χ2v) is 5.86. The molecule has 1 unspecified atom stereocenters. The van der Waals surface area contributed by atoms with Crippen LogP contribution in [-0.4, -0.2) is 13.7 Å². The molecule has 0 saturated carbocycles. The highest BCUT2D eigenvalue weighted by Crippen LogP contribution is 2.30. The van der Waals surface area contributed by atoms with E-state index in [9.17, 15) is 0 Å². The lowest BCUT2D eigenvalue weighted by molar-refractivity contribution is 0.288. The fourth-order valence-corrected chi connectivity index (χ4v) is 3.08. The summed E-state index contributed by atoms with van der Waals surface area (Å²) in [4.78, 5) is 0. The van der Waals surface area contributed by atoms with Crippen molar-refractivity contribution in [3.63, 3.8) is 0 Å². The molecule has 2 nitrogen and oxygen atoms in total. The van der Waals surface area contributed by atoms with Crippen LogP contribution in [0.1, 0.15) is 29.2 Å². The minimum absolute atomic E-state index is 0.261. The zero-order valence-corrected chi connectivity index (χ0v) is 13.0. The zero-order valence-electron chi connectivity index (χ0n) is 12.2. The fourth-order valence-electron chi connectivity index (χ4n) is 2.87. The third kappa shape index (κ3) is 3.22. The van der Waals surface area contributed by atoms with Crippen molar-refractivity contribution in [1.29, 1.82) is 0 Å². The molecule has 0 fully saturated rings. The van der Waals surface area contributed by atoms with Crippen molar-refractivity contribution in [2.75, 3.05) is 13.7 Å². The monoisotopic (exact) mass is 301 g/mol. The molecule has 21 heavy (non-hydrogen) atoms. The molecule has 1 aliphatic rings. The van der Waals surface area contributed by atoms with E-state index >= 15 is 0 Å². The first-order chi connectivity index (χ1) is 10.3. The summed E-state index contributed by atoms with van der Waals surface area (Å²) in [7, 11) is 2.00. The highest BCUT2D eigenvalue weighted by atomic mass is 35.5. The standard InChI is InChI=1S/C18H20ClNO/c1-20-17(12-13-5-2-3-7-16(13)19)14-8-9-18-15(11-14)6-4-10-21-18/h2-3,5,7-9,11,17,20H,4,6,10,12H2,1H3. The Hall–Kier alpha value is -1.51. The molecule has 2 aromatic carbocycles. The predicted octanol–water partition coefficient (Wildman–Crippen LogP) is 4.17. The number of likely N-dealkylation sites (N-methyl/N-ethyl adjacent to an activating group) is 1. The number of hydrogen-bond donors (Lipinski definition) is 1. The van der Waals surface area contributed by atoms with Gasteiger partial charge in [0.25, 0.3) is 0 Å². The molecule has 3 heteroatoms. The topological polar surface area (TPSA) is 21.3 Å². The lowest BCUT2D eigenvalue weighted by Crippen LogP contribution is -2.20. The number of nitrogens with one attached hydrogen (secondary N) is 1. The van der Waals surface area contributed by atoms with Crippen molar-refractivity contribution >= 4 is 11.6 Å². The number of ether oxygens (including phenoxy) is 1. The van der Waals surface area contributed by atoms with Gasteiger partial charge in [-0.2, -0.15) is 0 Å². The lowest BCUT2D eigenvalue weighted by atomic mass is 9.95. The molecule has 1 heterocycles. The largest absolute Gasteiger partial charge is 0.493 e. The van der Waals surface area contributed by atoms with Crippen LogP contribution in [0.5, 0.6) is 5.75 Å². The van der Waals surface area contributed by atoms with Crippen molar-refractivity contribution in [3.8, 4) is 5.75 Å². The quantitative estimate of drug-likeness (QED) is 0.915. The van der Waals surface area contributed by atoms with Crippen molar-refractivity contribution in [1.82, 2.24) is 5.32 Å². The SMILES string of the molecule is CNC(Cc1ccccc1Cl)c1ccc2c(c1)CCCO2. The summed E-state index contributed by atoms with van der Waals surface area (Å²) in [6, 6.07) is 14.8. The van der Waals surface area contributed by atoms with Crippen LogP contribution in [0.25, 0.3) is 0 Å². The van der Waals surface area contributed by atoms with E-state index in [1.54, 1.807) is 0 Å². The number of halogens is 1. The molecule has 0 radical (unpaired) electrons. The van der Waals surface area contributed by atoms with Crippen molar-refractivity contribution in [3.05, 3.63) is 64.2 Å². The molecule has 0 aliphatic carbocycles. The highest BCUT2D eigenvalue weighted by molar-refractivity contribution is 6.31. The van der Waals surface area contributed by atoms with E-state index in [1.807, 2.05) is 25.2 Å². The lowest BCUT2D eigenvalue weighted by Gasteiger charge is -2.22. The van der Waals surface area contributed by atoms with Crippen LogP contribution in [0.4, 0.5) is 0 Å². The van der Waals surface area contributed by atoms with Gasteiger partial charge in [0.15, 0.2) is 0 Å². The third-order valence-corrected chi connectivity index (χ3v) is 4.43. The molecule has 1 atom stereocenters. The Labute approximate surface area is 131 Å². The van der Waals surface area contributed by atoms with Crippen LogP contribution in [0.15, 0.2) is 42.5 Å². The molecule has 0 aromatic heterocycles. The Morgan fingerprint density at radius 1 is 1.24 bits per heavy atom. The fraction of sp³-hybridized carbons (Fsp3) is 0.333. The van der Waals surface area contributed by atoms with Gasteiger partial charge in [-0.25, -0.2) is 0 Å². The van der Waals surface area contributed by atoms with Crippen LogP contribution in [0.3, 0.4) is 0 Å². The Balaban J connectivity index is 1.85. The minimum atomic E-state index is 0.261. The predicted molar refractivity (Wildman–Crippen MR) is 87.2 cm³/mol. The second-order valence-electron chi connectivity index (χ2n) is 5.46. The smallest absolute Gasteiger partial charge is 0.122 e. The number of benzene rings is 2. The van der Waals surface area contributed by atoms with Crippen molar-refractivity contribution in [2.45, 2.75) is 25.3 Å². The number of aryl methyl sites for hydroxylation is 1. The van der Waals surface area contributed by atoms with Gasteiger partial charge in [0, 0.05) is 11.1 Å². The average molecular weight is 302 g/mol. The van der Waals surface area contributed by atoms with Crippen LogP contribution in [-0.2, 0) is 12.8 Å². The maximum atomic E-state index is 6.28. The molecule has 2 aromatic rings. The minimum Gasteiger partial charge on any atom is -0.493 e. The van der Waals surface area contributed by atoms with Crippen LogP contribution < -0.4 is 10.1 Å². The molecule has 3 rings (SSSR count). The molecule has 1 N–H and O–H groups in total. The summed E-state index contributed by atoms with van der Waals surface area (Å²) < 4.78 is 5.69. The first kappa shape index (κ1) is 14.4. The molecular weight excluding hydrogens is 282 g/mol. The first-order valence-electron chi connectivity index (χ1n) is 7.44. The van der Waals surface area contributed by atoms with E-state index < -0.39 is 0 Å². The van der Waals surface area contributed by atoms with Crippen molar-refractivity contribution < 1.29 is 4.74 Å². The van der Waals surface area contributed by atoms with Crippen LogP contribution >= 0.6 is 11.6 Å². The second kappa shape index (κ2) is 6.50. The highest BCUT2D eigenvalue weighted by Gasteiger charge is 2.16. The van der Waals surface area contributed by atoms with Gasteiger partial charge in [-0.05, 0) is 55.1 Å². The van der Waals surface area contributed by atoms with Gasteiger partial charge in [-0.3, -0.25) is 0 Å². The summed E-state index contributed by atoms with van der Waals surface area (Å²) >= 11 is 6.28. The van der Waals surface area contributed by atoms with Gasteiger partial charge in [0.2, 0.25) is 0 Å². The summed E-state index contributed by atoms with van der Waals surface area (Å²) in [6.45, 7) is 0.835. The first-order valence-corrected chi connectivity index (χ1v) is 7.82. The van der Waals surface area contributed by atoms with E-state index in [-0.39, 0.29) is 6.04 Å². The molecule has 110 valence electrons. The summed E-state index contributed by atoms with van der Waals surface area (Å²) in [5, 5.41) is 4.23.